The van der Waals surface area contributed by atoms with Gasteiger partial charge in [0, 0.05) is 0 Å². The maximum absolute atomic E-state index is 11.0. The molecule has 2 bridgehead atoms. The van der Waals surface area contributed by atoms with E-state index >= 15 is 0 Å². The number of hydrogen-bond acceptors (Lipinski definition) is 2. The molecule has 2 rings (SSSR count). The predicted molar refractivity (Wildman–Crippen MR) is 39.9 cm³/mol. The van der Waals surface area contributed by atoms with Crippen molar-refractivity contribution in [3.8, 4) is 0 Å². The number of carbonyl (C=O) groups excluding carboxylic acids is 1. The third kappa shape index (κ3) is 0.875. The molecule has 2 aliphatic rings. The van der Waals surface area contributed by atoms with Gasteiger partial charge in [0.15, 0.2) is 0 Å². The first-order valence-electron chi connectivity index (χ1n) is 3.62. The third-order valence-corrected chi connectivity index (χ3v) is 3.36. The highest BCUT2D eigenvalue weighted by atomic mass is 79.9. The van der Waals surface area contributed by atoms with E-state index in [1.165, 1.54) is 0 Å². The van der Waals surface area contributed by atoms with Gasteiger partial charge in [-0.2, -0.15) is 0 Å². The van der Waals surface area contributed by atoms with Crippen LogP contribution in [0, 0.1) is 5.92 Å². The van der Waals surface area contributed by atoms with Crippen molar-refractivity contribution in [1.29, 1.82) is 0 Å². The van der Waals surface area contributed by atoms with Crippen molar-refractivity contribution in [2.75, 3.05) is 0 Å². The minimum atomic E-state index is 0.0203. The zero-order valence-corrected chi connectivity index (χ0v) is 7.13. The Labute approximate surface area is 68.1 Å². The molecular formula is C7H9BrO2. The molecule has 0 radical (unpaired) electrons. The summed E-state index contributed by atoms with van der Waals surface area (Å²) in [7, 11) is 0. The normalized spacial score (nSPS) is 45.3. The average molecular weight is 205 g/mol. The Morgan fingerprint density at radius 3 is 3.00 bits per heavy atom. The van der Waals surface area contributed by atoms with Crippen LogP contribution < -0.4 is 0 Å². The summed E-state index contributed by atoms with van der Waals surface area (Å²) in [5, 5.41) is 0. The van der Waals surface area contributed by atoms with Gasteiger partial charge in [-0.1, -0.05) is 15.9 Å². The first kappa shape index (κ1) is 6.65. The molecule has 0 aromatic carbocycles. The van der Waals surface area contributed by atoms with E-state index in [9.17, 15) is 4.79 Å². The van der Waals surface area contributed by atoms with Crippen LogP contribution in [0.15, 0.2) is 0 Å². The standard InChI is InChI=1S/C7H9BrO2/c8-5-2-1-4-3-6(5)10-7(4)9/h4-6H,1-3H2. The molecule has 0 amide bonds. The lowest BCUT2D eigenvalue weighted by atomic mass is 9.90. The molecule has 1 heterocycles. The summed E-state index contributed by atoms with van der Waals surface area (Å²) < 4.78 is 5.11. The Kier molecular flexibility index (Phi) is 1.48. The van der Waals surface area contributed by atoms with E-state index in [-0.39, 0.29) is 18.0 Å². The number of rotatable bonds is 0. The zero-order valence-electron chi connectivity index (χ0n) is 5.55. The molecule has 1 aliphatic heterocycles. The van der Waals surface area contributed by atoms with Gasteiger partial charge in [0.25, 0.3) is 0 Å². The van der Waals surface area contributed by atoms with E-state index in [1.54, 1.807) is 0 Å². The second-order valence-electron chi connectivity index (χ2n) is 3.00. The first-order valence-corrected chi connectivity index (χ1v) is 4.53. The Balaban J connectivity index is 2.15. The Morgan fingerprint density at radius 1 is 1.50 bits per heavy atom. The maximum Gasteiger partial charge on any atom is 0.309 e. The summed E-state index contributed by atoms with van der Waals surface area (Å²) in [5.74, 6) is 0.241. The van der Waals surface area contributed by atoms with Gasteiger partial charge in [-0.3, -0.25) is 4.79 Å². The van der Waals surface area contributed by atoms with Gasteiger partial charge in [0.05, 0.1) is 10.7 Å². The molecular weight excluding hydrogens is 196 g/mol. The van der Waals surface area contributed by atoms with Crippen LogP contribution in [-0.2, 0) is 9.53 Å². The summed E-state index contributed by atoms with van der Waals surface area (Å²) in [6.07, 6.45) is 3.20. The third-order valence-electron chi connectivity index (χ3n) is 2.31. The van der Waals surface area contributed by atoms with E-state index < -0.39 is 0 Å². The van der Waals surface area contributed by atoms with Crippen molar-refractivity contribution in [3.63, 3.8) is 0 Å². The molecule has 1 aliphatic carbocycles. The first-order chi connectivity index (χ1) is 4.77. The van der Waals surface area contributed by atoms with Crippen LogP contribution in [0.2, 0.25) is 0 Å². The van der Waals surface area contributed by atoms with Crippen LogP contribution in [0.1, 0.15) is 19.3 Å². The monoisotopic (exact) mass is 204 g/mol. The summed E-state index contributed by atoms with van der Waals surface area (Å²) in [5.41, 5.74) is 0. The minimum Gasteiger partial charge on any atom is -0.461 e. The quantitative estimate of drug-likeness (QED) is 0.442. The highest BCUT2D eigenvalue weighted by molar-refractivity contribution is 9.09. The largest absolute Gasteiger partial charge is 0.461 e. The lowest BCUT2D eigenvalue weighted by molar-refractivity contribution is -0.143. The molecule has 0 aromatic heterocycles. The highest BCUT2D eigenvalue weighted by Gasteiger charge is 2.41. The summed E-state index contributed by atoms with van der Waals surface area (Å²) in [4.78, 5) is 11.4. The van der Waals surface area contributed by atoms with E-state index in [2.05, 4.69) is 15.9 Å². The highest BCUT2D eigenvalue weighted by Crippen LogP contribution is 2.37. The summed E-state index contributed by atoms with van der Waals surface area (Å²) in [6.45, 7) is 0. The molecule has 1 saturated heterocycles. The van der Waals surface area contributed by atoms with E-state index in [0.29, 0.717) is 4.83 Å². The molecule has 3 heteroatoms. The van der Waals surface area contributed by atoms with Crippen LogP contribution in [-0.4, -0.2) is 16.9 Å². The molecule has 56 valence electrons. The van der Waals surface area contributed by atoms with Crippen LogP contribution in [0.4, 0.5) is 0 Å². The number of ether oxygens (including phenoxy) is 1. The smallest absolute Gasteiger partial charge is 0.309 e. The fourth-order valence-electron chi connectivity index (χ4n) is 1.67. The molecule has 0 N–H and O–H groups in total. The number of esters is 1. The SMILES string of the molecule is O=C1OC2CC1CCC2Br. The molecule has 0 aromatic rings. The fraction of sp³-hybridized carbons (Fsp3) is 0.857. The van der Waals surface area contributed by atoms with Gasteiger partial charge in [-0.05, 0) is 19.3 Å². The van der Waals surface area contributed by atoms with Crippen LogP contribution in [0.5, 0.6) is 0 Å². The van der Waals surface area contributed by atoms with Crippen molar-refractivity contribution in [1.82, 2.24) is 0 Å². The van der Waals surface area contributed by atoms with Crippen molar-refractivity contribution >= 4 is 21.9 Å². The van der Waals surface area contributed by atoms with Crippen LogP contribution in [0.3, 0.4) is 0 Å². The van der Waals surface area contributed by atoms with Crippen molar-refractivity contribution in [3.05, 3.63) is 0 Å². The average Bonchev–Trinajstić information content (AvgIpc) is 2.21. The second-order valence-corrected chi connectivity index (χ2v) is 4.18. The second kappa shape index (κ2) is 2.22. The topological polar surface area (TPSA) is 26.3 Å². The number of alkyl halides is 1. The Hall–Kier alpha value is -0.0500. The van der Waals surface area contributed by atoms with E-state index in [4.69, 9.17) is 4.74 Å². The molecule has 10 heavy (non-hydrogen) atoms. The Bertz CT molecular complexity index is 169. The van der Waals surface area contributed by atoms with Gasteiger partial charge in [0.2, 0.25) is 0 Å². The Morgan fingerprint density at radius 2 is 2.30 bits per heavy atom. The summed E-state index contributed by atoms with van der Waals surface area (Å²) >= 11 is 3.49. The molecule has 0 spiro atoms. The van der Waals surface area contributed by atoms with Gasteiger partial charge >= 0.3 is 5.97 Å². The van der Waals surface area contributed by atoms with Crippen molar-refractivity contribution < 1.29 is 9.53 Å². The van der Waals surface area contributed by atoms with E-state index in [0.717, 1.165) is 19.3 Å². The van der Waals surface area contributed by atoms with Crippen molar-refractivity contribution in [2.45, 2.75) is 30.2 Å². The lowest BCUT2D eigenvalue weighted by Gasteiger charge is -2.19. The minimum absolute atomic E-state index is 0.0203. The van der Waals surface area contributed by atoms with Crippen LogP contribution >= 0.6 is 15.9 Å². The number of fused-ring (bicyclic) bond motifs is 2. The van der Waals surface area contributed by atoms with Crippen LogP contribution in [0.25, 0.3) is 0 Å². The number of carbonyl (C=O) groups is 1. The van der Waals surface area contributed by atoms with Gasteiger partial charge in [-0.25, -0.2) is 0 Å². The van der Waals surface area contributed by atoms with Gasteiger partial charge < -0.3 is 4.74 Å². The predicted octanol–water partition coefficient (Wildman–Crippen LogP) is 1.48. The fourth-order valence-corrected chi connectivity index (χ4v) is 2.26. The molecule has 2 nitrogen and oxygen atoms in total. The zero-order chi connectivity index (χ0) is 7.14. The molecule has 3 atom stereocenters. The van der Waals surface area contributed by atoms with Crippen molar-refractivity contribution in [2.24, 2.45) is 5.92 Å². The number of hydrogen-bond donors (Lipinski definition) is 0. The van der Waals surface area contributed by atoms with E-state index in [1.807, 2.05) is 0 Å². The summed E-state index contributed by atoms with van der Waals surface area (Å²) in [6, 6.07) is 0. The lowest BCUT2D eigenvalue weighted by Crippen LogP contribution is -2.23. The van der Waals surface area contributed by atoms with Gasteiger partial charge in [-0.15, -0.1) is 0 Å². The number of halogens is 1. The molecule has 3 unspecified atom stereocenters. The maximum atomic E-state index is 11.0. The molecule has 2 fully saturated rings. The van der Waals surface area contributed by atoms with Gasteiger partial charge in [0.1, 0.15) is 6.10 Å². The molecule has 1 saturated carbocycles.